The third-order valence-corrected chi connectivity index (χ3v) is 2.15. The number of benzene rings is 1. The summed E-state index contributed by atoms with van der Waals surface area (Å²) in [6.07, 6.45) is 0. The van der Waals surface area contributed by atoms with Gasteiger partial charge in [0.1, 0.15) is 4.83 Å². The second-order valence-corrected chi connectivity index (χ2v) is 3.21. The molecular formula is C8H3BrF3N. The summed E-state index contributed by atoms with van der Waals surface area (Å²) >= 11 is 2.86. The minimum absolute atomic E-state index is 0.0545. The number of nitriles is 1. The molecule has 0 aromatic heterocycles. The Bertz CT molecular complexity index is 349. The number of hydrogen-bond donors (Lipinski definition) is 0. The lowest BCUT2D eigenvalue weighted by atomic mass is 10.1. The zero-order valence-electron chi connectivity index (χ0n) is 6.19. The van der Waals surface area contributed by atoms with E-state index in [2.05, 4.69) is 15.9 Å². The molecule has 13 heavy (non-hydrogen) atoms. The number of halogens is 4. The molecule has 1 atom stereocenters. The van der Waals surface area contributed by atoms with Crippen molar-refractivity contribution in [1.82, 2.24) is 0 Å². The maximum atomic E-state index is 12.6. The van der Waals surface area contributed by atoms with Crippen molar-refractivity contribution in [1.29, 1.82) is 5.26 Å². The molecule has 0 spiro atoms. The van der Waals surface area contributed by atoms with E-state index < -0.39 is 22.3 Å². The fourth-order valence-electron chi connectivity index (χ4n) is 0.796. The Balaban J connectivity index is 3.22. The minimum atomic E-state index is -1.53. The van der Waals surface area contributed by atoms with Gasteiger partial charge in [-0.25, -0.2) is 13.2 Å². The van der Waals surface area contributed by atoms with Gasteiger partial charge < -0.3 is 0 Å². The molecule has 1 unspecified atom stereocenters. The summed E-state index contributed by atoms with van der Waals surface area (Å²) in [5.74, 6) is -4.12. The van der Waals surface area contributed by atoms with Crippen molar-refractivity contribution in [2.24, 2.45) is 0 Å². The van der Waals surface area contributed by atoms with Crippen LogP contribution in [0.5, 0.6) is 0 Å². The molecule has 0 heterocycles. The molecule has 0 N–H and O–H groups in total. The normalized spacial score (nSPS) is 12.2. The minimum Gasteiger partial charge on any atom is -0.204 e. The molecule has 0 radical (unpaired) electrons. The van der Waals surface area contributed by atoms with Crippen LogP contribution < -0.4 is 0 Å². The summed E-state index contributed by atoms with van der Waals surface area (Å²) in [5, 5.41) is 8.40. The first-order chi connectivity index (χ1) is 6.06. The molecule has 68 valence electrons. The number of nitrogens with zero attached hydrogens (tertiary/aromatic N) is 1. The third kappa shape index (κ3) is 2.01. The Kier molecular flexibility index (Phi) is 2.94. The van der Waals surface area contributed by atoms with Gasteiger partial charge in [0, 0.05) is 0 Å². The fourth-order valence-corrected chi connectivity index (χ4v) is 1.06. The maximum Gasteiger partial charge on any atom is 0.194 e. The summed E-state index contributed by atoms with van der Waals surface area (Å²) in [6.45, 7) is 0. The highest BCUT2D eigenvalue weighted by Gasteiger charge is 2.14. The van der Waals surface area contributed by atoms with Crippen LogP contribution in [0.4, 0.5) is 13.2 Å². The monoisotopic (exact) mass is 249 g/mol. The van der Waals surface area contributed by atoms with E-state index in [1.54, 1.807) is 6.07 Å². The van der Waals surface area contributed by atoms with Crippen LogP contribution in [0.15, 0.2) is 12.1 Å². The Hall–Kier alpha value is -1.02. The van der Waals surface area contributed by atoms with Gasteiger partial charge in [-0.2, -0.15) is 5.26 Å². The predicted molar refractivity (Wildman–Crippen MR) is 43.6 cm³/mol. The smallest absolute Gasteiger partial charge is 0.194 e. The summed E-state index contributed by atoms with van der Waals surface area (Å²) in [6, 6.07) is 3.27. The number of hydrogen-bond acceptors (Lipinski definition) is 1. The van der Waals surface area contributed by atoms with Gasteiger partial charge in [-0.15, -0.1) is 0 Å². The highest BCUT2D eigenvalue weighted by Crippen LogP contribution is 2.24. The maximum absolute atomic E-state index is 12.6. The van der Waals surface area contributed by atoms with Gasteiger partial charge in [0.2, 0.25) is 0 Å². The molecule has 0 fully saturated rings. The Morgan fingerprint density at radius 3 is 2.08 bits per heavy atom. The van der Waals surface area contributed by atoms with Gasteiger partial charge in [0.05, 0.1) is 6.07 Å². The van der Waals surface area contributed by atoms with Crippen LogP contribution in [0.3, 0.4) is 0 Å². The summed E-state index contributed by atoms with van der Waals surface area (Å²) in [4.78, 5) is -0.836. The third-order valence-electron chi connectivity index (χ3n) is 1.41. The average Bonchev–Trinajstić information content (AvgIpc) is 2.12. The van der Waals surface area contributed by atoms with Crippen molar-refractivity contribution >= 4 is 15.9 Å². The first kappa shape index (κ1) is 10.1. The lowest BCUT2D eigenvalue weighted by Crippen LogP contribution is -1.95. The van der Waals surface area contributed by atoms with Crippen molar-refractivity contribution in [2.75, 3.05) is 0 Å². The highest BCUT2D eigenvalue weighted by atomic mass is 79.9. The van der Waals surface area contributed by atoms with Gasteiger partial charge in [0.15, 0.2) is 17.5 Å². The van der Waals surface area contributed by atoms with Crippen LogP contribution in [0, 0.1) is 28.8 Å². The first-order valence-corrected chi connectivity index (χ1v) is 4.16. The quantitative estimate of drug-likeness (QED) is 0.555. The van der Waals surface area contributed by atoms with Gasteiger partial charge in [-0.1, -0.05) is 15.9 Å². The molecule has 1 aromatic rings. The Morgan fingerprint density at radius 2 is 1.69 bits per heavy atom. The van der Waals surface area contributed by atoms with E-state index in [0.29, 0.717) is 0 Å². The number of rotatable bonds is 1. The van der Waals surface area contributed by atoms with Crippen molar-refractivity contribution in [2.45, 2.75) is 4.83 Å². The lowest BCUT2D eigenvalue weighted by molar-refractivity contribution is 0.445. The van der Waals surface area contributed by atoms with E-state index in [9.17, 15) is 13.2 Å². The molecule has 0 aliphatic heterocycles. The molecule has 1 rings (SSSR count). The molecular weight excluding hydrogens is 247 g/mol. The van der Waals surface area contributed by atoms with Crippen molar-refractivity contribution in [3.05, 3.63) is 35.1 Å². The molecule has 1 nitrogen and oxygen atoms in total. The molecule has 0 bridgehead atoms. The van der Waals surface area contributed by atoms with E-state index in [-0.39, 0.29) is 5.56 Å². The van der Waals surface area contributed by atoms with E-state index in [1.807, 2.05) is 0 Å². The zero-order chi connectivity index (χ0) is 10.0. The largest absolute Gasteiger partial charge is 0.204 e. The van der Waals surface area contributed by atoms with E-state index in [4.69, 9.17) is 5.26 Å². The van der Waals surface area contributed by atoms with Crippen LogP contribution in [-0.2, 0) is 0 Å². The molecule has 0 amide bonds. The molecule has 0 aliphatic carbocycles. The Labute approximate surface area is 80.9 Å². The van der Waals surface area contributed by atoms with E-state index in [0.717, 1.165) is 12.1 Å². The van der Waals surface area contributed by atoms with Crippen LogP contribution in [0.1, 0.15) is 10.4 Å². The second-order valence-electron chi connectivity index (χ2n) is 2.29. The van der Waals surface area contributed by atoms with Gasteiger partial charge >= 0.3 is 0 Å². The van der Waals surface area contributed by atoms with Gasteiger partial charge in [-0.3, -0.25) is 0 Å². The van der Waals surface area contributed by atoms with E-state index >= 15 is 0 Å². The molecule has 5 heteroatoms. The molecule has 0 aliphatic rings. The molecule has 1 aromatic carbocycles. The lowest BCUT2D eigenvalue weighted by Gasteiger charge is -2.02. The van der Waals surface area contributed by atoms with Crippen LogP contribution in [-0.4, -0.2) is 0 Å². The summed E-state index contributed by atoms with van der Waals surface area (Å²) < 4.78 is 37.6. The van der Waals surface area contributed by atoms with Crippen LogP contribution in [0.2, 0.25) is 0 Å². The van der Waals surface area contributed by atoms with Gasteiger partial charge in [-0.05, 0) is 17.7 Å². The standard InChI is InChI=1S/C8H3BrF3N/c9-5(3-13)4-1-6(10)8(12)7(11)2-4/h1-2,5H. The highest BCUT2D eigenvalue weighted by molar-refractivity contribution is 9.09. The Morgan fingerprint density at radius 1 is 1.23 bits per heavy atom. The number of alkyl halides is 1. The average molecular weight is 250 g/mol. The second kappa shape index (κ2) is 3.79. The summed E-state index contributed by atoms with van der Waals surface area (Å²) in [5.41, 5.74) is 0.0545. The summed E-state index contributed by atoms with van der Waals surface area (Å²) in [7, 11) is 0. The SMILES string of the molecule is N#CC(Br)c1cc(F)c(F)c(F)c1. The van der Waals surface area contributed by atoms with E-state index in [1.165, 1.54) is 0 Å². The molecule has 0 saturated carbocycles. The van der Waals surface area contributed by atoms with Gasteiger partial charge in [0.25, 0.3) is 0 Å². The predicted octanol–water partition coefficient (Wildman–Crippen LogP) is 3.06. The van der Waals surface area contributed by atoms with Crippen LogP contribution >= 0.6 is 15.9 Å². The first-order valence-electron chi connectivity index (χ1n) is 3.24. The topological polar surface area (TPSA) is 23.8 Å². The fraction of sp³-hybridized carbons (Fsp3) is 0.125. The van der Waals surface area contributed by atoms with Crippen molar-refractivity contribution in [3.63, 3.8) is 0 Å². The van der Waals surface area contributed by atoms with Crippen molar-refractivity contribution in [3.8, 4) is 6.07 Å². The molecule has 0 saturated heterocycles. The zero-order valence-corrected chi connectivity index (χ0v) is 7.78. The van der Waals surface area contributed by atoms with Crippen molar-refractivity contribution < 1.29 is 13.2 Å². The van der Waals surface area contributed by atoms with Crippen LogP contribution in [0.25, 0.3) is 0 Å².